The van der Waals surface area contributed by atoms with Crippen LogP contribution < -0.4 is 5.32 Å². The minimum absolute atomic E-state index is 0.173. The number of hydrogen-bond acceptors (Lipinski definition) is 6. The fraction of sp³-hybridized carbons (Fsp3) is 0.571. The van der Waals surface area contributed by atoms with E-state index in [2.05, 4.69) is 64.1 Å². The highest BCUT2D eigenvalue weighted by Gasteiger charge is 2.24. The highest BCUT2D eigenvalue weighted by Crippen LogP contribution is 2.36. The molecular formula is C28H39N5O2. The summed E-state index contributed by atoms with van der Waals surface area (Å²) in [5.41, 5.74) is 4.68. The van der Waals surface area contributed by atoms with Crippen molar-refractivity contribution in [2.45, 2.75) is 77.1 Å². The van der Waals surface area contributed by atoms with Crippen molar-refractivity contribution in [3.63, 3.8) is 0 Å². The summed E-state index contributed by atoms with van der Waals surface area (Å²) < 4.78 is 7.82. The maximum atomic E-state index is 10.1. The van der Waals surface area contributed by atoms with Gasteiger partial charge in [-0.2, -0.15) is 4.98 Å². The van der Waals surface area contributed by atoms with Gasteiger partial charge in [-0.05, 0) is 50.2 Å². The Morgan fingerprint density at radius 1 is 1.11 bits per heavy atom. The molecule has 2 N–H and O–H groups in total. The van der Waals surface area contributed by atoms with Gasteiger partial charge in [0.25, 0.3) is 0 Å². The minimum atomic E-state index is -0.173. The van der Waals surface area contributed by atoms with Crippen LogP contribution in [0.25, 0.3) is 22.2 Å². The standard InChI is InChI=1S/C28H39N5O2/c1-3-4-20(2)30-28-29-17-25-26(19-33(27(25)31-28)23-9-11-24(34)12-10-23)22-7-5-21(6-8-22)18-32-13-15-35-16-14-32/h5-8,17,19-20,23-24,34H,3-4,9-16,18H2,1-2H3,(H,29,30,31)/t20-,23?,24?/m1/s1. The number of ether oxygens (including phenoxy) is 1. The molecule has 1 aliphatic heterocycles. The molecule has 0 spiro atoms. The quantitative estimate of drug-likeness (QED) is 0.475. The van der Waals surface area contributed by atoms with E-state index in [9.17, 15) is 5.11 Å². The molecule has 1 aromatic carbocycles. The molecule has 35 heavy (non-hydrogen) atoms. The number of fused-ring (bicyclic) bond motifs is 1. The molecule has 2 aromatic heterocycles. The van der Waals surface area contributed by atoms with Crippen molar-refractivity contribution >= 4 is 17.0 Å². The summed E-state index contributed by atoms with van der Waals surface area (Å²) >= 11 is 0. The van der Waals surface area contributed by atoms with Crippen molar-refractivity contribution in [1.29, 1.82) is 0 Å². The third kappa shape index (κ3) is 5.68. The van der Waals surface area contributed by atoms with Crippen LogP contribution in [-0.4, -0.2) is 63.0 Å². The van der Waals surface area contributed by atoms with Gasteiger partial charge in [0, 0.05) is 55.1 Å². The number of aliphatic hydroxyl groups is 1. The fourth-order valence-corrected chi connectivity index (χ4v) is 5.48. The van der Waals surface area contributed by atoms with E-state index in [4.69, 9.17) is 9.72 Å². The Morgan fingerprint density at radius 3 is 2.57 bits per heavy atom. The van der Waals surface area contributed by atoms with Gasteiger partial charge in [-0.3, -0.25) is 4.90 Å². The van der Waals surface area contributed by atoms with Crippen LogP contribution in [0.4, 0.5) is 5.95 Å². The van der Waals surface area contributed by atoms with Gasteiger partial charge < -0.3 is 19.7 Å². The van der Waals surface area contributed by atoms with Crippen molar-refractivity contribution in [2.24, 2.45) is 0 Å². The minimum Gasteiger partial charge on any atom is -0.393 e. The maximum absolute atomic E-state index is 10.1. The second-order valence-electron chi connectivity index (χ2n) is 10.3. The summed E-state index contributed by atoms with van der Waals surface area (Å²) in [4.78, 5) is 12.1. The number of nitrogens with one attached hydrogen (secondary N) is 1. The van der Waals surface area contributed by atoms with E-state index in [0.717, 1.165) is 82.4 Å². The van der Waals surface area contributed by atoms with Gasteiger partial charge in [0.05, 0.1) is 19.3 Å². The first-order valence-corrected chi connectivity index (χ1v) is 13.3. The third-order valence-electron chi connectivity index (χ3n) is 7.50. The molecule has 2 fully saturated rings. The van der Waals surface area contributed by atoms with Crippen LogP contribution in [-0.2, 0) is 11.3 Å². The first kappa shape index (κ1) is 24.2. The molecule has 5 rings (SSSR count). The predicted molar refractivity (Wildman–Crippen MR) is 141 cm³/mol. The maximum Gasteiger partial charge on any atom is 0.224 e. The molecule has 1 saturated carbocycles. The summed E-state index contributed by atoms with van der Waals surface area (Å²) in [6.45, 7) is 8.98. The van der Waals surface area contributed by atoms with Crippen LogP contribution in [0.2, 0.25) is 0 Å². The van der Waals surface area contributed by atoms with E-state index >= 15 is 0 Å². The first-order valence-electron chi connectivity index (χ1n) is 13.3. The van der Waals surface area contributed by atoms with Crippen LogP contribution in [0, 0.1) is 0 Å². The number of hydrogen-bond donors (Lipinski definition) is 2. The second kappa shape index (κ2) is 11.1. The molecule has 0 radical (unpaired) electrons. The summed E-state index contributed by atoms with van der Waals surface area (Å²) in [7, 11) is 0. The van der Waals surface area contributed by atoms with Gasteiger partial charge >= 0.3 is 0 Å². The topological polar surface area (TPSA) is 75.4 Å². The zero-order valence-electron chi connectivity index (χ0n) is 21.1. The second-order valence-corrected chi connectivity index (χ2v) is 10.3. The first-order chi connectivity index (χ1) is 17.1. The van der Waals surface area contributed by atoms with Crippen molar-refractivity contribution < 1.29 is 9.84 Å². The Labute approximate surface area is 208 Å². The number of nitrogens with zero attached hydrogens (tertiary/aromatic N) is 4. The van der Waals surface area contributed by atoms with Gasteiger partial charge in [0.2, 0.25) is 5.95 Å². The van der Waals surface area contributed by atoms with Crippen molar-refractivity contribution in [2.75, 3.05) is 31.6 Å². The van der Waals surface area contributed by atoms with Crippen LogP contribution in [0.5, 0.6) is 0 Å². The Bertz CT molecular complexity index is 1100. The summed E-state index contributed by atoms with van der Waals surface area (Å²) in [5, 5.41) is 14.6. The van der Waals surface area contributed by atoms with Crippen molar-refractivity contribution in [3.8, 4) is 11.1 Å². The average molecular weight is 478 g/mol. The molecule has 188 valence electrons. The Hall–Kier alpha value is -2.48. The number of benzene rings is 1. The molecule has 2 aliphatic rings. The normalized spacial score (nSPS) is 22.4. The largest absolute Gasteiger partial charge is 0.393 e. The zero-order valence-corrected chi connectivity index (χ0v) is 21.1. The van der Waals surface area contributed by atoms with E-state index in [1.807, 2.05) is 6.20 Å². The lowest BCUT2D eigenvalue weighted by Gasteiger charge is -2.27. The molecule has 1 saturated heterocycles. The fourth-order valence-electron chi connectivity index (χ4n) is 5.48. The molecule has 7 heteroatoms. The zero-order chi connectivity index (χ0) is 24.2. The molecule has 3 aromatic rings. The SMILES string of the molecule is CCC[C@@H](C)Nc1ncc2c(-c3ccc(CN4CCOCC4)cc3)cn(C3CCC(O)CC3)c2n1. The Kier molecular flexibility index (Phi) is 7.66. The van der Waals surface area contributed by atoms with Crippen LogP contribution in [0.1, 0.15) is 64.0 Å². The van der Waals surface area contributed by atoms with Crippen LogP contribution in [0.15, 0.2) is 36.7 Å². The highest BCUT2D eigenvalue weighted by atomic mass is 16.5. The molecule has 0 amide bonds. The smallest absolute Gasteiger partial charge is 0.224 e. The van der Waals surface area contributed by atoms with Gasteiger partial charge in [0.1, 0.15) is 5.65 Å². The van der Waals surface area contributed by atoms with Gasteiger partial charge in [-0.15, -0.1) is 0 Å². The van der Waals surface area contributed by atoms with Gasteiger partial charge in [-0.1, -0.05) is 37.6 Å². The van der Waals surface area contributed by atoms with E-state index in [1.165, 1.54) is 16.7 Å². The molecule has 0 unspecified atom stereocenters. The third-order valence-corrected chi connectivity index (χ3v) is 7.50. The Morgan fingerprint density at radius 2 is 1.86 bits per heavy atom. The Balaban J connectivity index is 1.45. The van der Waals surface area contributed by atoms with E-state index < -0.39 is 0 Å². The highest BCUT2D eigenvalue weighted by molar-refractivity contribution is 5.94. The lowest BCUT2D eigenvalue weighted by Crippen LogP contribution is -2.35. The summed E-state index contributed by atoms with van der Waals surface area (Å²) in [6.07, 6.45) is 9.93. The van der Waals surface area contributed by atoms with Crippen molar-refractivity contribution in [3.05, 3.63) is 42.2 Å². The van der Waals surface area contributed by atoms with Crippen molar-refractivity contribution in [1.82, 2.24) is 19.4 Å². The number of rotatable bonds is 8. The molecule has 0 bridgehead atoms. The summed E-state index contributed by atoms with van der Waals surface area (Å²) in [6, 6.07) is 9.64. The molecule has 7 nitrogen and oxygen atoms in total. The van der Waals surface area contributed by atoms with Crippen LogP contribution in [0.3, 0.4) is 0 Å². The van der Waals surface area contributed by atoms with Gasteiger partial charge in [0.15, 0.2) is 0 Å². The number of morpholine rings is 1. The van der Waals surface area contributed by atoms with E-state index in [-0.39, 0.29) is 6.10 Å². The number of aromatic nitrogens is 3. The number of aliphatic hydroxyl groups excluding tert-OH is 1. The van der Waals surface area contributed by atoms with E-state index in [0.29, 0.717) is 18.0 Å². The molecule has 3 heterocycles. The van der Waals surface area contributed by atoms with Crippen LogP contribution >= 0.6 is 0 Å². The molecule has 1 aliphatic carbocycles. The van der Waals surface area contributed by atoms with Gasteiger partial charge in [-0.25, -0.2) is 4.98 Å². The average Bonchev–Trinajstić information content (AvgIpc) is 3.24. The monoisotopic (exact) mass is 477 g/mol. The lowest BCUT2D eigenvalue weighted by molar-refractivity contribution is 0.0342. The molecular weight excluding hydrogens is 438 g/mol. The van der Waals surface area contributed by atoms with E-state index in [1.54, 1.807) is 0 Å². The summed E-state index contributed by atoms with van der Waals surface area (Å²) in [5.74, 6) is 0.695. The predicted octanol–water partition coefficient (Wildman–Crippen LogP) is 5.01. The lowest BCUT2D eigenvalue weighted by atomic mass is 9.93. The number of anilines is 1. The molecule has 1 atom stereocenters.